The Kier molecular flexibility index (Phi) is 4.73. The van der Waals surface area contributed by atoms with Crippen molar-refractivity contribution in [3.63, 3.8) is 0 Å². The van der Waals surface area contributed by atoms with Gasteiger partial charge in [0.05, 0.1) is 12.8 Å². The highest BCUT2D eigenvalue weighted by Crippen LogP contribution is 1.91. The summed E-state index contributed by atoms with van der Waals surface area (Å²) in [4.78, 5) is 21.2. The Morgan fingerprint density at radius 1 is 1.09 bits per heavy atom. The minimum atomic E-state index is -0.577. The van der Waals surface area contributed by atoms with Crippen molar-refractivity contribution in [3.8, 4) is 0 Å². The van der Waals surface area contributed by atoms with E-state index in [-0.39, 0.29) is 12.8 Å². The first-order valence-corrected chi connectivity index (χ1v) is 3.16. The lowest BCUT2D eigenvalue weighted by molar-refractivity contribution is -0.158. The van der Waals surface area contributed by atoms with Crippen LogP contribution < -0.4 is 0 Å². The van der Waals surface area contributed by atoms with Gasteiger partial charge in [0.25, 0.3) is 0 Å². The van der Waals surface area contributed by atoms with Crippen LogP contribution in [0.1, 0.15) is 12.8 Å². The van der Waals surface area contributed by atoms with Gasteiger partial charge in [-0.3, -0.25) is 9.59 Å². The molecule has 0 aliphatic carbocycles. The maximum atomic E-state index is 10.6. The van der Waals surface area contributed by atoms with Crippen molar-refractivity contribution in [1.82, 2.24) is 0 Å². The van der Waals surface area contributed by atoms with E-state index in [0.717, 1.165) is 0 Å². The highest BCUT2D eigenvalue weighted by molar-refractivity contribution is 5.86. The number of hydrogen-bond donors (Lipinski definition) is 0. The molecule has 11 heavy (non-hydrogen) atoms. The Morgan fingerprint density at radius 2 is 1.45 bits per heavy atom. The minimum Gasteiger partial charge on any atom is -0.393 e. The lowest BCUT2D eigenvalue weighted by atomic mass is 10.4. The molecule has 0 rings (SSSR count). The monoisotopic (exact) mass is 154 g/mol. The summed E-state index contributed by atoms with van der Waals surface area (Å²) in [6.07, 6.45) is 2.87. The summed E-state index contributed by atoms with van der Waals surface area (Å²) in [5, 5.41) is 0. The molecule has 0 radical (unpaired) electrons. The van der Waals surface area contributed by atoms with Gasteiger partial charge in [0.1, 0.15) is 0 Å². The summed E-state index contributed by atoms with van der Waals surface area (Å²) in [6.45, 7) is 6.64. The van der Waals surface area contributed by atoms with Crippen LogP contribution in [0.15, 0.2) is 25.3 Å². The Bertz CT molecular complexity index is 162. The van der Waals surface area contributed by atoms with E-state index >= 15 is 0 Å². The van der Waals surface area contributed by atoms with Gasteiger partial charge in [0, 0.05) is 0 Å². The molecule has 3 nitrogen and oxygen atoms in total. The number of esters is 2. The third kappa shape index (κ3) is 5.08. The summed E-state index contributed by atoms with van der Waals surface area (Å²) < 4.78 is 4.31. The van der Waals surface area contributed by atoms with E-state index in [1.807, 2.05) is 0 Å². The van der Waals surface area contributed by atoms with Crippen molar-refractivity contribution in [2.75, 3.05) is 0 Å². The first-order chi connectivity index (χ1) is 5.20. The van der Waals surface area contributed by atoms with Gasteiger partial charge in [-0.25, -0.2) is 0 Å². The Morgan fingerprint density at radius 3 is 1.73 bits per heavy atom. The zero-order valence-corrected chi connectivity index (χ0v) is 6.21. The highest BCUT2D eigenvalue weighted by atomic mass is 16.6. The van der Waals surface area contributed by atoms with Crippen LogP contribution in [0.5, 0.6) is 0 Å². The van der Waals surface area contributed by atoms with Crippen molar-refractivity contribution in [2.45, 2.75) is 12.8 Å². The van der Waals surface area contributed by atoms with Crippen LogP contribution in [-0.4, -0.2) is 11.9 Å². The summed E-state index contributed by atoms with van der Waals surface area (Å²) in [7, 11) is 0. The van der Waals surface area contributed by atoms with Crippen LogP contribution in [0.3, 0.4) is 0 Å². The fraction of sp³-hybridized carbons (Fsp3) is 0.250. The van der Waals surface area contributed by atoms with E-state index in [2.05, 4.69) is 17.9 Å². The van der Waals surface area contributed by atoms with Crippen LogP contribution >= 0.6 is 0 Å². The van der Waals surface area contributed by atoms with E-state index in [4.69, 9.17) is 0 Å². The molecule has 0 fully saturated rings. The van der Waals surface area contributed by atoms with Gasteiger partial charge in [-0.2, -0.15) is 0 Å². The Hall–Kier alpha value is -1.38. The molecule has 0 bridgehead atoms. The molecular weight excluding hydrogens is 144 g/mol. The Labute approximate surface area is 65.4 Å². The molecule has 0 aromatic heterocycles. The van der Waals surface area contributed by atoms with Gasteiger partial charge in [0.2, 0.25) is 0 Å². The number of carbonyl (C=O) groups is 2. The van der Waals surface area contributed by atoms with Crippen LogP contribution in [0.25, 0.3) is 0 Å². The quantitative estimate of drug-likeness (QED) is 0.347. The average molecular weight is 154 g/mol. The third-order valence-electron chi connectivity index (χ3n) is 0.850. The number of hydrogen-bond acceptors (Lipinski definition) is 3. The Balaban J connectivity index is 3.65. The first kappa shape index (κ1) is 9.62. The van der Waals surface area contributed by atoms with Crippen molar-refractivity contribution < 1.29 is 14.3 Å². The predicted octanol–water partition coefficient (Wildman–Crippen LogP) is 1.21. The van der Waals surface area contributed by atoms with Crippen molar-refractivity contribution in [2.24, 2.45) is 0 Å². The predicted molar refractivity (Wildman–Crippen MR) is 40.7 cm³/mol. The molecule has 0 amide bonds. The lowest BCUT2D eigenvalue weighted by Gasteiger charge is -1.96. The molecule has 0 aromatic rings. The molecule has 3 heteroatoms. The molecule has 0 spiro atoms. The minimum absolute atomic E-state index is 0.0584. The molecule has 60 valence electrons. The second kappa shape index (κ2) is 5.41. The average Bonchev–Trinajstić information content (AvgIpc) is 1.87. The molecule has 0 heterocycles. The molecule has 0 unspecified atom stereocenters. The van der Waals surface area contributed by atoms with Crippen molar-refractivity contribution >= 4 is 11.9 Å². The van der Waals surface area contributed by atoms with Gasteiger partial charge in [-0.1, -0.05) is 12.2 Å². The summed E-state index contributed by atoms with van der Waals surface area (Å²) in [6, 6.07) is 0. The van der Waals surface area contributed by atoms with E-state index in [0.29, 0.717) is 0 Å². The van der Waals surface area contributed by atoms with Crippen LogP contribution in [0.4, 0.5) is 0 Å². The fourth-order valence-corrected chi connectivity index (χ4v) is 0.446. The normalized spacial score (nSPS) is 8.36. The molecule has 0 aromatic carbocycles. The largest absolute Gasteiger partial charge is 0.393 e. The topological polar surface area (TPSA) is 43.4 Å². The molecule has 0 saturated heterocycles. The number of ether oxygens (including phenoxy) is 1. The molecule has 0 atom stereocenters. The van der Waals surface area contributed by atoms with Crippen LogP contribution in [0.2, 0.25) is 0 Å². The maximum absolute atomic E-state index is 10.6. The van der Waals surface area contributed by atoms with Gasteiger partial charge in [-0.05, 0) is 0 Å². The van der Waals surface area contributed by atoms with E-state index in [9.17, 15) is 9.59 Å². The number of rotatable bonds is 4. The standard InChI is InChI=1S/C8H10O3/c1-3-5-7(9)11-8(10)6-4-2/h3-4H,1-2,5-6H2. The van der Waals surface area contributed by atoms with Crippen molar-refractivity contribution in [1.29, 1.82) is 0 Å². The van der Waals surface area contributed by atoms with Gasteiger partial charge >= 0.3 is 11.9 Å². The fourth-order valence-electron chi connectivity index (χ4n) is 0.446. The molecule has 0 aliphatic heterocycles. The van der Waals surface area contributed by atoms with Gasteiger partial charge < -0.3 is 4.74 Å². The van der Waals surface area contributed by atoms with E-state index in [1.54, 1.807) is 0 Å². The third-order valence-corrected chi connectivity index (χ3v) is 0.850. The maximum Gasteiger partial charge on any atom is 0.317 e. The first-order valence-electron chi connectivity index (χ1n) is 3.16. The van der Waals surface area contributed by atoms with Crippen LogP contribution in [0, 0.1) is 0 Å². The van der Waals surface area contributed by atoms with Crippen LogP contribution in [-0.2, 0) is 14.3 Å². The molecule has 0 aliphatic rings. The highest BCUT2D eigenvalue weighted by Gasteiger charge is 2.05. The second-order valence-electron chi connectivity index (χ2n) is 1.83. The number of carbonyl (C=O) groups excluding carboxylic acids is 2. The lowest BCUT2D eigenvalue weighted by Crippen LogP contribution is -2.09. The van der Waals surface area contributed by atoms with E-state index in [1.165, 1.54) is 12.2 Å². The second-order valence-corrected chi connectivity index (χ2v) is 1.83. The molecule has 0 N–H and O–H groups in total. The van der Waals surface area contributed by atoms with E-state index < -0.39 is 11.9 Å². The zero-order valence-electron chi connectivity index (χ0n) is 6.21. The molecule has 0 saturated carbocycles. The van der Waals surface area contributed by atoms with Gasteiger partial charge in [0.15, 0.2) is 0 Å². The zero-order chi connectivity index (χ0) is 8.69. The van der Waals surface area contributed by atoms with Crippen molar-refractivity contribution in [3.05, 3.63) is 25.3 Å². The van der Waals surface area contributed by atoms with Gasteiger partial charge in [-0.15, -0.1) is 13.2 Å². The summed E-state index contributed by atoms with van der Waals surface area (Å²) in [5.74, 6) is -1.15. The summed E-state index contributed by atoms with van der Waals surface area (Å²) >= 11 is 0. The SMILES string of the molecule is C=CCC(=O)OC(=O)CC=C. The molecular formula is C8H10O3. The smallest absolute Gasteiger partial charge is 0.317 e. The summed E-state index contributed by atoms with van der Waals surface area (Å²) in [5.41, 5.74) is 0.